The monoisotopic (exact) mass is 367 g/mol. The summed E-state index contributed by atoms with van der Waals surface area (Å²) in [5.74, 6) is 1.09. The Labute approximate surface area is 137 Å². The molecule has 0 bridgehead atoms. The molecule has 1 unspecified atom stereocenters. The molecule has 6 nitrogen and oxygen atoms in total. The highest BCUT2D eigenvalue weighted by atomic mass is 79.9. The van der Waals surface area contributed by atoms with Crippen molar-refractivity contribution in [1.29, 1.82) is 0 Å². The molecule has 1 heterocycles. The first-order valence-electron chi connectivity index (χ1n) is 6.71. The van der Waals surface area contributed by atoms with E-state index in [1.807, 2.05) is 26.0 Å². The van der Waals surface area contributed by atoms with Crippen LogP contribution in [0, 0.1) is 6.92 Å². The lowest BCUT2D eigenvalue weighted by Gasteiger charge is -2.17. The van der Waals surface area contributed by atoms with Crippen LogP contribution in [0.1, 0.15) is 34.7 Å². The predicted octanol–water partition coefficient (Wildman–Crippen LogP) is 2.99. The minimum absolute atomic E-state index is 0.239. The number of aryl methyl sites for hydroxylation is 1. The first kappa shape index (κ1) is 16.4. The molecular weight excluding hydrogens is 350 g/mol. The van der Waals surface area contributed by atoms with Crippen molar-refractivity contribution in [3.05, 3.63) is 39.6 Å². The summed E-state index contributed by atoms with van der Waals surface area (Å²) < 4.78 is 11.2. The van der Waals surface area contributed by atoms with Gasteiger partial charge in [-0.3, -0.25) is 9.89 Å². The zero-order valence-corrected chi connectivity index (χ0v) is 14.4. The number of amides is 1. The molecule has 2 rings (SSSR count). The molecule has 1 amide bonds. The molecule has 2 aromatic rings. The Morgan fingerprint density at radius 3 is 2.64 bits per heavy atom. The van der Waals surface area contributed by atoms with E-state index < -0.39 is 0 Å². The van der Waals surface area contributed by atoms with Crippen LogP contribution in [0.2, 0.25) is 0 Å². The number of halogens is 1. The summed E-state index contributed by atoms with van der Waals surface area (Å²) >= 11 is 3.35. The third-order valence-electron chi connectivity index (χ3n) is 3.34. The lowest BCUT2D eigenvalue weighted by atomic mass is 10.1. The number of nitrogens with one attached hydrogen (secondary N) is 2. The Balaban J connectivity index is 2.20. The summed E-state index contributed by atoms with van der Waals surface area (Å²) in [5.41, 5.74) is 2.00. The number of carbonyl (C=O) groups is 1. The van der Waals surface area contributed by atoms with Gasteiger partial charge in [0.1, 0.15) is 11.5 Å². The van der Waals surface area contributed by atoms with E-state index >= 15 is 0 Å². The average molecular weight is 368 g/mol. The van der Waals surface area contributed by atoms with Crippen molar-refractivity contribution >= 4 is 21.8 Å². The first-order valence-corrected chi connectivity index (χ1v) is 7.50. The smallest absolute Gasteiger partial charge is 0.273 e. The van der Waals surface area contributed by atoms with Gasteiger partial charge in [-0.15, -0.1) is 0 Å². The predicted molar refractivity (Wildman–Crippen MR) is 86.5 cm³/mol. The highest BCUT2D eigenvalue weighted by molar-refractivity contribution is 9.10. The summed E-state index contributed by atoms with van der Waals surface area (Å²) in [7, 11) is 3.18. The van der Waals surface area contributed by atoms with Crippen LogP contribution in [0.3, 0.4) is 0 Å². The molecule has 0 saturated heterocycles. The number of carbonyl (C=O) groups excluding carboxylic acids is 1. The van der Waals surface area contributed by atoms with Gasteiger partial charge in [-0.1, -0.05) is 0 Å². The summed E-state index contributed by atoms with van der Waals surface area (Å²) in [6, 6.07) is 5.24. The fraction of sp³-hybridized carbons (Fsp3) is 0.333. The van der Waals surface area contributed by atoms with E-state index in [0.29, 0.717) is 21.7 Å². The van der Waals surface area contributed by atoms with Crippen LogP contribution in [0.25, 0.3) is 0 Å². The van der Waals surface area contributed by atoms with Crippen molar-refractivity contribution in [2.45, 2.75) is 19.9 Å². The molecule has 118 valence electrons. The topological polar surface area (TPSA) is 76.2 Å². The molecular formula is C15H18BrN3O3. The number of rotatable bonds is 5. The molecule has 0 spiro atoms. The quantitative estimate of drug-likeness (QED) is 0.851. The second-order valence-electron chi connectivity index (χ2n) is 4.81. The van der Waals surface area contributed by atoms with Crippen molar-refractivity contribution in [1.82, 2.24) is 15.5 Å². The molecule has 0 saturated carbocycles. The largest absolute Gasteiger partial charge is 0.497 e. The highest BCUT2D eigenvalue weighted by Crippen LogP contribution is 2.29. The van der Waals surface area contributed by atoms with Gasteiger partial charge in [0, 0.05) is 17.3 Å². The zero-order valence-electron chi connectivity index (χ0n) is 12.9. The van der Waals surface area contributed by atoms with Crippen LogP contribution in [0.5, 0.6) is 11.5 Å². The number of hydrogen-bond donors (Lipinski definition) is 2. The lowest BCUT2D eigenvalue weighted by molar-refractivity contribution is 0.0933. The van der Waals surface area contributed by atoms with Gasteiger partial charge in [-0.05, 0) is 41.9 Å². The maximum atomic E-state index is 12.3. The number of ether oxygens (including phenoxy) is 2. The van der Waals surface area contributed by atoms with Crippen LogP contribution in [0.15, 0.2) is 22.7 Å². The van der Waals surface area contributed by atoms with E-state index in [1.165, 1.54) is 0 Å². The number of hydrogen-bond acceptors (Lipinski definition) is 4. The van der Waals surface area contributed by atoms with Gasteiger partial charge in [-0.2, -0.15) is 5.10 Å². The minimum Gasteiger partial charge on any atom is -0.497 e. The van der Waals surface area contributed by atoms with Crippen molar-refractivity contribution in [3.63, 3.8) is 0 Å². The lowest BCUT2D eigenvalue weighted by Crippen LogP contribution is -2.27. The Morgan fingerprint density at radius 1 is 1.36 bits per heavy atom. The van der Waals surface area contributed by atoms with Crippen molar-refractivity contribution in [3.8, 4) is 11.5 Å². The Morgan fingerprint density at radius 2 is 2.09 bits per heavy atom. The maximum absolute atomic E-state index is 12.3. The fourth-order valence-electron chi connectivity index (χ4n) is 2.08. The number of aromatic nitrogens is 2. The van der Waals surface area contributed by atoms with Crippen molar-refractivity contribution in [2.75, 3.05) is 14.2 Å². The van der Waals surface area contributed by atoms with Gasteiger partial charge in [0.25, 0.3) is 5.91 Å². The van der Waals surface area contributed by atoms with Crippen LogP contribution in [-0.2, 0) is 0 Å². The normalized spacial score (nSPS) is 11.9. The van der Waals surface area contributed by atoms with Crippen LogP contribution in [-0.4, -0.2) is 30.3 Å². The summed E-state index contributed by atoms with van der Waals surface area (Å²) in [6.07, 6.45) is 0. The van der Waals surface area contributed by atoms with Gasteiger partial charge in [-0.25, -0.2) is 0 Å². The van der Waals surface area contributed by atoms with E-state index in [0.717, 1.165) is 11.3 Å². The van der Waals surface area contributed by atoms with Crippen molar-refractivity contribution < 1.29 is 14.3 Å². The minimum atomic E-state index is -0.262. The SMILES string of the molecule is COc1ccc(C(C)NC(=O)c2n[nH]c(C)c2Br)c(OC)c1. The molecule has 0 aliphatic carbocycles. The van der Waals surface area contributed by atoms with Gasteiger partial charge >= 0.3 is 0 Å². The molecule has 1 aromatic heterocycles. The van der Waals surface area contributed by atoms with Gasteiger partial charge in [0.05, 0.1) is 24.7 Å². The van der Waals surface area contributed by atoms with E-state index in [-0.39, 0.29) is 11.9 Å². The Kier molecular flexibility index (Phi) is 5.07. The Bertz CT molecular complexity index is 685. The highest BCUT2D eigenvalue weighted by Gasteiger charge is 2.20. The van der Waals surface area contributed by atoms with Gasteiger partial charge in [0.15, 0.2) is 5.69 Å². The first-order chi connectivity index (χ1) is 10.5. The summed E-state index contributed by atoms with van der Waals surface area (Å²) in [6.45, 7) is 3.72. The second kappa shape index (κ2) is 6.83. The standard InChI is InChI=1S/C15H18BrN3O3/c1-8(11-6-5-10(21-3)7-12(11)22-4)17-15(20)14-13(16)9(2)18-19-14/h5-8H,1-4H3,(H,17,20)(H,18,19). The molecule has 0 aliphatic heterocycles. The zero-order chi connectivity index (χ0) is 16.3. The van der Waals surface area contributed by atoms with Gasteiger partial charge in [0.2, 0.25) is 0 Å². The fourth-order valence-corrected chi connectivity index (χ4v) is 2.44. The third kappa shape index (κ3) is 3.24. The second-order valence-corrected chi connectivity index (χ2v) is 5.61. The van der Waals surface area contributed by atoms with E-state index in [2.05, 4.69) is 31.4 Å². The van der Waals surface area contributed by atoms with E-state index in [4.69, 9.17) is 9.47 Å². The number of aromatic amines is 1. The number of nitrogens with zero attached hydrogens (tertiary/aromatic N) is 1. The van der Waals surface area contributed by atoms with E-state index in [9.17, 15) is 4.79 Å². The molecule has 1 atom stereocenters. The molecule has 0 radical (unpaired) electrons. The van der Waals surface area contributed by atoms with Gasteiger partial charge < -0.3 is 14.8 Å². The molecule has 7 heteroatoms. The van der Waals surface area contributed by atoms with Crippen LogP contribution in [0.4, 0.5) is 0 Å². The molecule has 0 fully saturated rings. The maximum Gasteiger partial charge on any atom is 0.273 e. The average Bonchev–Trinajstić information content (AvgIpc) is 2.86. The van der Waals surface area contributed by atoms with E-state index in [1.54, 1.807) is 20.3 Å². The number of H-pyrrole nitrogens is 1. The number of methoxy groups -OCH3 is 2. The number of benzene rings is 1. The molecule has 22 heavy (non-hydrogen) atoms. The molecule has 2 N–H and O–H groups in total. The Hall–Kier alpha value is -2.02. The molecule has 1 aromatic carbocycles. The summed E-state index contributed by atoms with van der Waals surface area (Å²) in [5, 5.41) is 9.67. The molecule has 0 aliphatic rings. The summed E-state index contributed by atoms with van der Waals surface area (Å²) in [4.78, 5) is 12.3. The van der Waals surface area contributed by atoms with Crippen molar-refractivity contribution in [2.24, 2.45) is 0 Å². The van der Waals surface area contributed by atoms with Crippen LogP contribution >= 0.6 is 15.9 Å². The third-order valence-corrected chi connectivity index (χ3v) is 4.31. The van der Waals surface area contributed by atoms with Crippen LogP contribution < -0.4 is 14.8 Å².